The minimum Gasteiger partial charge on any atom is -0.437 e. The number of fused-ring (bicyclic) bond motifs is 1. The summed E-state index contributed by atoms with van der Waals surface area (Å²) in [6, 6.07) is 7.89. The van der Waals surface area contributed by atoms with Crippen molar-refractivity contribution in [3.63, 3.8) is 0 Å². The Kier molecular flexibility index (Phi) is 3.33. The Morgan fingerprint density at radius 3 is 3.00 bits per heavy atom. The van der Waals surface area contributed by atoms with Crippen LogP contribution in [0.15, 0.2) is 35.8 Å². The lowest BCUT2D eigenvalue weighted by atomic mass is 10.3. The van der Waals surface area contributed by atoms with E-state index < -0.39 is 0 Å². The molecule has 2 aromatic heterocycles. The second-order valence-corrected chi connectivity index (χ2v) is 5.49. The Balaban J connectivity index is 1.96. The molecule has 0 aliphatic carbocycles. The van der Waals surface area contributed by atoms with E-state index >= 15 is 0 Å². The van der Waals surface area contributed by atoms with E-state index in [4.69, 9.17) is 10.5 Å². The van der Waals surface area contributed by atoms with Crippen LogP contribution in [0, 0.1) is 0 Å². The maximum Gasteiger partial charge on any atom is 0.243 e. The Labute approximate surface area is 121 Å². The Hall–Kier alpha value is -2.05. The summed E-state index contributed by atoms with van der Waals surface area (Å²) in [5.74, 6) is 1.34. The molecule has 0 aliphatic heterocycles. The standard InChI is InChI=1S/C14H16N4OS/c1-17(2)10-4-3-5-11(8-10)19-13-12(9-15)18-6-7-20-14(18)16-13/h3-8H,9,15H2,1-2H3. The number of anilines is 1. The van der Waals surface area contributed by atoms with Gasteiger partial charge in [0.15, 0.2) is 4.96 Å². The summed E-state index contributed by atoms with van der Waals surface area (Å²) in [4.78, 5) is 7.40. The van der Waals surface area contributed by atoms with Crippen molar-refractivity contribution in [2.24, 2.45) is 5.73 Å². The predicted octanol–water partition coefficient (Wildman–Crippen LogP) is 2.71. The first kappa shape index (κ1) is 13.0. The second kappa shape index (κ2) is 5.15. The van der Waals surface area contributed by atoms with Crippen LogP contribution in [0.3, 0.4) is 0 Å². The highest BCUT2D eigenvalue weighted by molar-refractivity contribution is 7.15. The number of aromatic nitrogens is 2. The van der Waals surface area contributed by atoms with Gasteiger partial charge in [-0.3, -0.25) is 4.40 Å². The summed E-state index contributed by atoms with van der Waals surface area (Å²) in [6.07, 6.45) is 1.96. The smallest absolute Gasteiger partial charge is 0.243 e. The van der Waals surface area contributed by atoms with Gasteiger partial charge in [-0.15, -0.1) is 11.3 Å². The topological polar surface area (TPSA) is 55.8 Å². The molecule has 2 heterocycles. The molecule has 1 aromatic carbocycles. The van der Waals surface area contributed by atoms with Crippen LogP contribution >= 0.6 is 11.3 Å². The van der Waals surface area contributed by atoms with Gasteiger partial charge in [0.1, 0.15) is 11.4 Å². The van der Waals surface area contributed by atoms with Gasteiger partial charge in [-0.25, -0.2) is 0 Å². The number of hydrogen-bond acceptors (Lipinski definition) is 5. The zero-order chi connectivity index (χ0) is 14.1. The molecule has 0 spiro atoms. The number of nitrogens with zero attached hydrogens (tertiary/aromatic N) is 3. The summed E-state index contributed by atoms with van der Waals surface area (Å²) >= 11 is 1.56. The van der Waals surface area contributed by atoms with Gasteiger partial charge in [0, 0.05) is 44.0 Å². The highest BCUT2D eigenvalue weighted by Gasteiger charge is 2.14. The van der Waals surface area contributed by atoms with Gasteiger partial charge in [0.25, 0.3) is 0 Å². The van der Waals surface area contributed by atoms with Gasteiger partial charge in [0.2, 0.25) is 5.88 Å². The average Bonchev–Trinajstić information content (AvgIpc) is 2.99. The molecule has 3 rings (SSSR count). The lowest BCUT2D eigenvalue weighted by molar-refractivity contribution is 0.459. The van der Waals surface area contributed by atoms with Crippen molar-refractivity contribution in [3.8, 4) is 11.6 Å². The molecule has 0 aliphatic rings. The minimum atomic E-state index is 0.389. The molecule has 0 fully saturated rings. The van der Waals surface area contributed by atoms with E-state index in [2.05, 4.69) is 4.98 Å². The van der Waals surface area contributed by atoms with Gasteiger partial charge in [-0.1, -0.05) is 6.07 Å². The van der Waals surface area contributed by atoms with Crippen molar-refractivity contribution in [3.05, 3.63) is 41.5 Å². The van der Waals surface area contributed by atoms with E-state index in [0.717, 1.165) is 22.1 Å². The monoisotopic (exact) mass is 288 g/mol. The molecule has 104 valence electrons. The molecule has 0 unspecified atom stereocenters. The highest BCUT2D eigenvalue weighted by atomic mass is 32.1. The molecule has 3 aromatic rings. The SMILES string of the molecule is CN(C)c1cccc(Oc2nc3sccn3c2CN)c1. The third-order valence-corrected chi connectivity index (χ3v) is 3.82. The van der Waals surface area contributed by atoms with E-state index in [1.165, 1.54) is 0 Å². The Morgan fingerprint density at radius 1 is 1.40 bits per heavy atom. The van der Waals surface area contributed by atoms with Crippen LogP contribution in [0.2, 0.25) is 0 Å². The lowest BCUT2D eigenvalue weighted by Gasteiger charge is -2.13. The second-order valence-electron chi connectivity index (χ2n) is 4.62. The summed E-state index contributed by atoms with van der Waals surface area (Å²) in [5.41, 5.74) is 7.77. The van der Waals surface area contributed by atoms with Crippen LogP contribution in [-0.2, 0) is 6.54 Å². The number of nitrogens with two attached hydrogens (primary N) is 1. The largest absolute Gasteiger partial charge is 0.437 e. The molecule has 5 nitrogen and oxygen atoms in total. The van der Waals surface area contributed by atoms with Crippen molar-refractivity contribution >= 4 is 22.0 Å². The van der Waals surface area contributed by atoms with Crippen LogP contribution in [0.25, 0.3) is 4.96 Å². The third kappa shape index (κ3) is 2.23. The molecule has 20 heavy (non-hydrogen) atoms. The number of benzene rings is 1. The molecule has 6 heteroatoms. The van der Waals surface area contributed by atoms with Crippen molar-refractivity contribution in [1.29, 1.82) is 0 Å². The molecule has 0 radical (unpaired) electrons. The zero-order valence-electron chi connectivity index (χ0n) is 11.4. The fourth-order valence-corrected chi connectivity index (χ4v) is 2.74. The lowest BCUT2D eigenvalue weighted by Crippen LogP contribution is -2.08. The highest BCUT2D eigenvalue weighted by Crippen LogP contribution is 2.29. The quantitative estimate of drug-likeness (QED) is 0.802. The summed E-state index contributed by atoms with van der Waals surface area (Å²) < 4.78 is 7.87. The van der Waals surface area contributed by atoms with Gasteiger partial charge >= 0.3 is 0 Å². The normalized spacial score (nSPS) is 10.9. The van der Waals surface area contributed by atoms with E-state index in [1.807, 2.05) is 59.2 Å². The van der Waals surface area contributed by atoms with Crippen LogP contribution in [0.1, 0.15) is 5.69 Å². The molecular weight excluding hydrogens is 272 g/mol. The van der Waals surface area contributed by atoms with Crippen LogP contribution in [-0.4, -0.2) is 23.5 Å². The van der Waals surface area contributed by atoms with Gasteiger partial charge in [-0.2, -0.15) is 4.98 Å². The summed E-state index contributed by atoms with van der Waals surface area (Å²) in [5, 5.41) is 1.98. The molecule has 0 amide bonds. The van der Waals surface area contributed by atoms with Gasteiger partial charge in [-0.05, 0) is 12.1 Å². The number of rotatable bonds is 4. The molecule has 2 N–H and O–H groups in total. The minimum absolute atomic E-state index is 0.389. The van der Waals surface area contributed by atoms with Crippen LogP contribution < -0.4 is 15.4 Å². The average molecular weight is 288 g/mol. The fourth-order valence-electron chi connectivity index (χ4n) is 2.02. The molecule has 0 bridgehead atoms. The Morgan fingerprint density at radius 2 is 2.25 bits per heavy atom. The van der Waals surface area contributed by atoms with E-state index in [0.29, 0.717) is 12.4 Å². The molecule has 0 saturated carbocycles. The van der Waals surface area contributed by atoms with Crippen molar-refractivity contribution in [2.75, 3.05) is 19.0 Å². The molecular formula is C14H16N4OS. The van der Waals surface area contributed by atoms with Crippen LogP contribution in [0.4, 0.5) is 5.69 Å². The Bertz CT molecular complexity index is 732. The summed E-state index contributed by atoms with van der Waals surface area (Å²) in [7, 11) is 3.99. The zero-order valence-corrected chi connectivity index (χ0v) is 12.2. The van der Waals surface area contributed by atoms with Crippen LogP contribution in [0.5, 0.6) is 11.6 Å². The third-order valence-electron chi connectivity index (χ3n) is 3.07. The van der Waals surface area contributed by atoms with E-state index in [1.54, 1.807) is 11.3 Å². The van der Waals surface area contributed by atoms with Crippen molar-refractivity contribution in [1.82, 2.24) is 9.38 Å². The van der Waals surface area contributed by atoms with E-state index in [-0.39, 0.29) is 0 Å². The first-order chi connectivity index (χ1) is 9.69. The number of hydrogen-bond donors (Lipinski definition) is 1. The van der Waals surface area contributed by atoms with E-state index in [9.17, 15) is 0 Å². The van der Waals surface area contributed by atoms with Gasteiger partial charge < -0.3 is 15.4 Å². The maximum absolute atomic E-state index is 5.90. The number of ether oxygens (including phenoxy) is 1. The summed E-state index contributed by atoms with van der Waals surface area (Å²) in [6.45, 7) is 0.389. The van der Waals surface area contributed by atoms with Crippen molar-refractivity contribution in [2.45, 2.75) is 6.54 Å². The molecule has 0 saturated heterocycles. The first-order valence-electron chi connectivity index (χ1n) is 6.29. The van der Waals surface area contributed by atoms with Crippen molar-refractivity contribution < 1.29 is 4.74 Å². The molecule has 0 atom stereocenters. The predicted molar refractivity (Wildman–Crippen MR) is 81.8 cm³/mol. The fraction of sp³-hybridized carbons (Fsp3) is 0.214. The number of thiazole rings is 1. The first-order valence-corrected chi connectivity index (χ1v) is 7.16. The number of imidazole rings is 1. The van der Waals surface area contributed by atoms with Gasteiger partial charge in [0.05, 0.1) is 0 Å². The maximum atomic E-state index is 5.90.